The van der Waals surface area contributed by atoms with E-state index in [0.29, 0.717) is 17.3 Å². The number of aromatic nitrogens is 3. The van der Waals surface area contributed by atoms with Gasteiger partial charge >= 0.3 is 0 Å². The van der Waals surface area contributed by atoms with Crippen LogP contribution in [0.2, 0.25) is 0 Å². The van der Waals surface area contributed by atoms with Crippen molar-refractivity contribution in [2.24, 2.45) is 16.6 Å². The first-order valence-corrected chi connectivity index (χ1v) is 9.05. The van der Waals surface area contributed by atoms with E-state index < -0.39 is 0 Å². The van der Waals surface area contributed by atoms with Gasteiger partial charge < -0.3 is 10.1 Å². The average Bonchev–Trinajstić information content (AvgIpc) is 3.14. The molecule has 0 saturated heterocycles. The molecule has 0 amide bonds. The summed E-state index contributed by atoms with van der Waals surface area (Å²) < 4.78 is 1.93. The summed E-state index contributed by atoms with van der Waals surface area (Å²) in [4.78, 5) is 13.4. The maximum Gasteiger partial charge on any atom is 0.141 e. The summed E-state index contributed by atoms with van der Waals surface area (Å²) in [5.41, 5.74) is 10.3. The Bertz CT molecular complexity index is 1070. The zero-order valence-electron chi connectivity index (χ0n) is 14.9. The number of aliphatic imine (C=N–C) groups is 1. The van der Waals surface area contributed by atoms with Crippen LogP contribution in [-0.4, -0.2) is 27.1 Å². The molecule has 2 N–H and O–H groups in total. The summed E-state index contributed by atoms with van der Waals surface area (Å²) in [7, 11) is 0. The lowest BCUT2D eigenvalue weighted by Gasteiger charge is -2.22. The first-order valence-electron chi connectivity index (χ1n) is 9.05. The zero-order chi connectivity index (χ0) is 18.6. The Morgan fingerprint density at radius 3 is 2.96 bits per heavy atom. The molecule has 3 heterocycles. The van der Waals surface area contributed by atoms with Crippen molar-refractivity contribution in [3.8, 4) is 17.3 Å². The average molecular weight is 356 g/mol. The topological polar surface area (TPSA) is 92.4 Å². The van der Waals surface area contributed by atoms with E-state index in [0.717, 1.165) is 28.9 Å². The molecule has 3 aromatic heterocycles. The minimum Gasteiger partial charge on any atom is -0.404 e. The van der Waals surface area contributed by atoms with Gasteiger partial charge in [0.25, 0.3) is 0 Å². The molecule has 0 spiro atoms. The van der Waals surface area contributed by atoms with Crippen molar-refractivity contribution in [1.82, 2.24) is 14.4 Å². The van der Waals surface area contributed by atoms with E-state index in [1.807, 2.05) is 41.2 Å². The van der Waals surface area contributed by atoms with E-state index >= 15 is 0 Å². The van der Waals surface area contributed by atoms with Gasteiger partial charge in [0.2, 0.25) is 0 Å². The number of nitrogens with two attached hydrogens (primary N) is 1. The monoisotopic (exact) mass is 356 g/mol. The van der Waals surface area contributed by atoms with Crippen molar-refractivity contribution in [1.29, 1.82) is 5.26 Å². The lowest BCUT2D eigenvalue weighted by molar-refractivity contribution is 0.326. The summed E-state index contributed by atoms with van der Waals surface area (Å²) in [6, 6.07) is 9.61. The molecule has 6 heteroatoms. The molecule has 0 atom stereocenters. The normalized spacial score (nSPS) is 15.1. The number of fused-ring (bicyclic) bond motifs is 1. The molecule has 1 aliphatic rings. The van der Waals surface area contributed by atoms with Gasteiger partial charge in [-0.2, -0.15) is 5.26 Å². The molecule has 4 rings (SSSR count). The van der Waals surface area contributed by atoms with Crippen LogP contribution in [0.4, 0.5) is 0 Å². The molecule has 134 valence electrons. The fourth-order valence-electron chi connectivity index (χ4n) is 3.21. The minimum atomic E-state index is 0.361. The SMILES string of the molecule is N#Cc1ccc(C(C=NCC2CCC2)=CN)c(-c2ccn3ccnc3c2)n1. The number of hydrogen-bond acceptors (Lipinski definition) is 5. The third-order valence-corrected chi connectivity index (χ3v) is 4.99. The number of rotatable bonds is 5. The largest absolute Gasteiger partial charge is 0.404 e. The first-order chi connectivity index (χ1) is 13.3. The Hall–Kier alpha value is -3.46. The standard InChI is InChI=1S/C21H20N6/c22-11-17(14-24-13-15-2-1-3-15)19-5-4-18(12-23)26-21(19)16-6-8-27-9-7-25-20(27)10-16/h4-11,14-15H,1-3,13,22H2. The zero-order valence-corrected chi connectivity index (χ0v) is 14.9. The van der Waals surface area contributed by atoms with Crippen LogP contribution in [0.1, 0.15) is 30.5 Å². The Morgan fingerprint density at radius 1 is 1.33 bits per heavy atom. The van der Waals surface area contributed by atoms with E-state index in [4.69, 9.17) is 5.73 Å². The molecule has 27 heavy (non-hydrogen) atoms. The molecule has 3 aromatic rings. The third-order valence-electron chi connectivity index (χ3n) is 4.99. The second-order valence-corrected chi connectivity index (χ2v) is 6.73. The fourth-order valence-corrected chi connectivity index (χ4v) is 3.21. The van der Waals surface area contributed by atoms with Crippen LogP contribution in [0.3, 0.4) is 0 Å². The number of allylic oxidation sites excluding steroid dienone is 1. The van der Waals surface area contributed by atoms with Gasteiger partial charge in [-0.1, -0.05) is 6.42 Å². The molecule has 6 nitrogen and oxygen atoms in total. The molecule has 0 radical (unpaired) electrons. The number of pyridine rings is 2. The maximum atomic E-state index is 9.28. The number of nitrogens with zero attached hydrogens (tertiary/aromatic N) is 5. The Morgan fingerprint density at radius 2 is 2.22 bits per heavy atom. The molecular formula is C21H20N6. The predicted octanol–water partition coefficient (Wildman–Crippen LogP) is 3.44. The lowest BCUT2D eigenvalue weighted by Crippen LogP contribution is -2.14. The van der Waals surface area contributed by atoms with Gasteiger partial charge in [-0.25, -0.2) is 9.97 Å². The van der Waals surface area contributed by atoms with Gasteiger partial charge in [0.1, 0.15) is 17.4 Å². The smallest absolute Gasteiger partial charge is 0.141 e. The van der Waals surface area contributed by atoms with E-state index in [2.05, 4.69) is 21.0 Å². The fraction of sp³-hybridized carbons (Fsp3) is 0.238. The molecule has 0 aromatic carbocycles. The van der Waals surface area contributed by atoms with Crippen molar-refractivity contribution in [3.63, 3.8) is 0 Å². The highest BCUT2D eigenvalue weighted by Crippen LogP contribution is 2.29. The van der Waals surface area contributed by atoms with Crippen molar-refractivity contribution >= 4 is 17.4 Å². The number of nitriles is 1. The van der Waals surface area contributed by atoms with E-state index in [-0.39, 0.29) is 0 Å². The molecule has 1 fully saturated rings. The van der Waals surface area contributed by atoms with Crippen molar-refractivity contribution < 1.29 is 0 Å². The van der Waals surface area contributed by atoms with Gasteiger partial charge in [-0.05, 0) is 43.0 Å². The van der Waals surface area contributed by atoms with E-state index in [1.54, 1.807) is 18.5 Å². The predicted molar refractivity (Wildman–Crippen MR) is 106 cm³/mol. The Labute approximate surface area is 157 Å². The van der Waals surface area contributed by atoms with E-state index in [9.17, 15) is 5.26 Å². The van der Waals surface area contributed by atoms with Crippen LogP contribution in [0.15, 0.2) is 54.0 Å². The van der Waals surface area contributed by atoms with Crippen molar-refractivity contribution in [3.05, 3.63) is 60.3 Å². The molecular weight excluding hydrogens is 336 g/mol. The van der Waals surface area contributed by atoms with Gasteiger partial charge in [-0.3, -0.25) is 4.99 Å². The lowest BCUT2D eigenvalue weighted by atomic mass is 9.86. The van der Waals surface area contributed by atoms with Crippen LogP contribution in [-0.2, 0) is 0 Å². The van der Waals surface area contributed by atoms with Crippen molar-refractivity contribution in [2.75, 3.05) is 6.54 Å². The molecule has 0 aliphatic heterocycles. The third kappa shape index (κ3) is 3.44. The summed E-state index contributed by atoms with van der Waals surface area (Å²) in [5.74, 6) is 0.696. The van der Waals surface area contributed by atoms with Crippen molar-refractivity contribution in [2.45, 2.75) is 19.3 Å². The van der Waals surface area contributed by atoms with Gasteiger partial charge in [-0.15, -0.1) is 0 Å². The minimum absolute atomic E-state index is 0.361. The summed E-state index contributed by atoms with van der Waals surface area (Å²) in [5, 5.41) is 9.28. The first kappa shape index (κ1) is 17.0. The van der Waals surface area contributed by atoms with Gasteiger partial charge in [0, 0.05) is 54.2 Å². The summed E-state index contributed by atoms with van der Waals surface area (Å²) in [6.07, 6.45) is 12.7. The molecule has 0 bridgehead atoms. The van der Waals surface area contributed by atoms with Crippen LogP contribution in [0.5, 0.6) is 0 Å². The highest BCUT2D eigenvalue weighted by atomic mass is 15.0. The van der Waals surface area contributed by atoms with E-state index in [1.165, 1.54) is 19.3 Å². The van der Waals surface area contributed by atoms with Crippen LogP contribution in [0.25, 0.3) is 22.5 Å². The Kier molecular flexibility index (Phi) is 4.67. The van der Waals surface area contributed by atoms with Gasteiger partial charge in [0.05, 0.1) is 5.69 Å². The highest BCUT2D eigenvalue weighted by Gasteiger charge is 2.16. The quantitative estimate of drug-likeness (QED) is 0.709. The summed E-state index contributed by atoms with van der Waals surface area (Å²) >= 11 is 0. The molecule has 1 saturated carbocycles. The summed E-state index contributed by atoms with van der Waals surface area (Å²) in [6.45, 7) is 0.830. The number of imidazole rings is 1. The maximum absolute atomic E-state index is 9.28. The van der Waals surface area contributed by atoms with Gasteiger partial charge in [0.15, 0.2) is 0 Å². The highest BCUT2D eigenvalue weighted by molar-refractivity contribution is 6.11. The van der Waals surface area contributed by atoms with Crippen LogP contribution >= 0.6 is 0 Å². The second kappa shape index (κ2) is 7.42. The molecule has 0 unspecified atom stereocenters. The Balaban J connectivity index is 1.74. The van der Waals surface area contributed by atoms with Crippen LogP contribution < -0.4 is 5.73 Å². The van der Waals surface area contributed by atoms with Crippen LogP contribution in [0, 0.1) is 17.2 Å². The second-order valence-electron chi connectivity index (χ2n) is 6.73. The number of hydrogen-bond donors (Lipinski definition) is 1. The molecule has 1 aliphatic carbocycles.